The van der Waals surface area contributed by atoms with Crippen molar-refractivity contribution < 1.29 is 4.79 Å². The highest BCUT2D eigenvalue weighted by Crippen LogP contribution is 2.28. The Morgan fingerprint density at radius 3 is 2.43 bits per heavy atom. The third-order valence-electron chi connectivity index (χ3n) is 2.38. The van der Waals surface area contributed by atoms with Crippen LogP contribution in [-0.2, 0) is 4.79 Å². The van der Waals surface area contributed by atoms with E-state index in [1.54, 1.807) is 0 Å². The molecule has 1 unspecified atom stereocenters. The van der Waals surface area contributed by atoms with E-state index in [0.717, 1.165) is 38.4 Å². The summed E-state index contributed by atoms with van der Waals surface area (Å²) in [5.74, 6) is 0. The van der Waals surface area contributed by atoms with Crippen LogP contribution in [0.5, 0.6) is 0 Å². The Morgan fingerprint density at radius 2 is 2.00 bits per heavy atom. The highest BCUT2D eigenvalue weighted by molar-refractivity contribution is 5.63. The van der Waals surface area contributed by atoms with Gasteiger partial charge < -0.3 is 4.79 Å². The number of carbonyl (C=O) groups is 1. The zero-order valence-electron chi connectivity index (χ0n) is 9.46. The molecule has 0 aliphatic heterocycles. The number of hydrogen-bond donors (Lipinski definition) is 0. The minimum Gasteiger partial charge on any atom is -0.302 e. The smallest absolute Gasteiger partial charge is 0.130 e. The van der Waals surface area contributed by atoms with E-state index in [0.29, 0.717) is 0 Å². The van der Waals surface area contributed by atoms with Gasteiger partial charge in [-0.1, -0.05) is 44.9 Å². The van der Waals surface area contributed by atoms with E-state index in [2.05, 4.69) is 32.6 Å². The zero-order valence-corrected chi connectivity index (χ0v) is 9.46. The molecule has 0 rings (SSSR count). The molecule has 0 radical (unpaired) electrons. The first-order chi connectivity index (χ1) is 6.74. The minimum absolute atomic E-state index is 0.286. The van der Waals surface area contributed by atoms with Gasteiger partial charge in [0.05, 0.1) is 0 Å². The lowest BCUT2D eigenvalue weighted by atomic mass is 9.81. The van der Waals surface area contributed by atoms with E-state index in [1.165, 1.54) is 0 Å². The molecular weight excluding hydrogens is 172 g/mol. The molecule has 14 heavy (non-hydrogen) atoms. The summed E-state index contributed by atoms with van der Waals surface area (Å²) in [5, 5.41) is 0. The number of rotatable bonds is 8. The standard InChI is InChI=1S/C13H22O/c1-4-7-8-11-13(12-14,9-5-2)10-6-3/h5,8,11-12H,2,4,6-7,9-10H2,1,3H3/b11-8+. The Kier molecular flexibility index (Phi) is 7.09. The van der Waals surface area contributed by atoms with Crippen LogP contribution >= 0.6 is 0 Å². The maximum absolute atomic E-state index is 11.1. The van der Waals surface area contributed by atoms with Crippen LogP contribution < -0.4 is 0 Å². The first-order valence-corrected chi connectivity index (χ1v) is 5.49. The van der Waals surface area contributed by atoms with Gasteiger partial charge in [-0.25, -0.2) is 0 Å². The normalized spacial score (nSPS) is 15.3. The van der Waals surface area contributed by atoms with Crippen molar-refractivity contribution in [1.29, 1.82) is 0 Å². The SMILES string of the molecule is C=CCC(C=O)(/C=C/CCC)CCC. The summed E-state index contributed by atoms with van der Waals surface area (Å²) >= 11 is 0. The van der Waals surface area contributed by atoms with Crippen LogP contribution in [0.15, 0.2) is 24.8 Å². The molecule has 0 aromatic carbocycles. The van der Waals surface area contributed by atoms with E-state index >= 15 is 0 Å². The summed E-state index contributed by atoms with van der Waals surface area (Å²) in [5.41, 5.74) is -0.286. The molecule has 1 atom stereocenters. The monoisotopic (exact) mass is 194 g/mol. The number of unbranched alkanes of at least 4 members (excludes halogenated alkanes) is 1. The van der Waals surface area contributed by atoms with Crippen molar-refractivity contribution in [3.05, 3.63) is 24.8 Å². The minimum atomic E-state index is -0.286. The zero-order chi connectivity index (χ0) is 10.9. The van der Waals surface area contributed by atoms with Crippen molar-refractivity contribution in [3.8, 4) is 0 Å². The fourth-order valence-corrected chi connectivity index (χ4v) is 1.62. The lowest BCUT2D eigenvalue weighted by Crippen LogP contribution is -2.18. The highest BCUT2D eigenvalue weighted by atomic mass is 16.1. The van der Waals surface area contributed by atoms with Crippen LogP contribution in [-0.4, -0.2) is 6.29 Å². The van der Waals surface area contributed by atoms with Crippen LogP contribution in [0.1, 0.15) is 46.0 Å². The second-order valence-corrected chi connectivity index (χ2v) is 3.78. The molecule has 0 fully saturated rings. The number of carbonyl (C=O) groups excluding carboxylic acids is 1. The summed E-state index contributed by atoms with van der Waals surface area (Å²) in [6, 6.07) is 0. The molecule has 0 saturated carbocycles. The van der Waals surface area contributed by atoms with Gasteiger partial charge in [0.1, 0.15) is 6.29 Å². The molecule has 0 heterocycles. The first-order valence-electron chi connectivity index (χ1n) is 5.49. The average Bonchev–Trinajstić information content (AvgIpc) is 2.19. The van der Waals surface area contributed by atoms with E-state index < -0.39 is 0 Å². The van der Waals surface area contributed by atoms with Crippen molar-refractivity contribution in [2.24, 2.45) is 5.41 Å². The lowest BCUT2D eigenvalue weighted by Gasteiger charge is -2.21. The van der Waals surface area contributed by atoms with Crippen molar-refractivity contribution in [1.82, 2.24) is 0 Å². The third-order valence-corrected chi connectivity index (χ3v) is 2.38. The van der Waals surface area contributed by atoms with Crippen LogP contribution in [0.3, 0.4) is 0 Å². The van der Waals surface area contributed by atoms with Gasteiger partial charge in [0.2, 0.25) is 0 Å². The van der Waals surface area contributed by atoms with Crippen molar-refractivity contribution in [3.63, 3.8) is 0 Å². The van der Waals surface area contributed by atoms with Crippen LogP contribution in [0.4, 0.5) is 0 Å². The average molecular weight is 194 g/mol. The molecule has 0 spiro atoms. The number of hydrogen-bond acceptors (Lipinski definition) is 1. The third kappa shape index (κ3) is 4.40. The van der Waals surface area contributed by atoms with E-state index in [1.807, 2.05) is 6.08 Å². The van der Waals surface area contributed by atoms with E-state index in [9.17, 15) is 4.79 Å². The van der Waals surface area contributed by atoms with Gasteiger partial charge in [-0.05, 0) is 19.3 Å². The first kappa shape index (κ1) is 13.2. The molecule has 0 aromatic rings. The number of allylic oxidation sites excluding steroid dienone is 3. The largest absolute Gasteiger partial charge is 0.302 e. The summed E-state index contributed by atoms with van der Waals surface area (Å²) in [6.45, 7) is 7.96. The van der Waals surface area contributed by atoms with Gasteiger partial charge in [0.25, 0.3) is 0 Å². The van der Waals surface area contributed by atoms with Gasteiger partial charge in [0, 0.05) is 5.41 Å². The molecule has 0 saturated heterocycles. The summed E-state index contributed by atoms with van der Waals surface area (Å²) in [6.07, 6.45) is 12.0. The molecular formula is C13H22O. The van der Waals surface area contributed by atoms with Gasteiger partial charge in [-0.3, -0.25) is 0 Å². The maximum atomic E-state index is 11.1. The predicted molar refractivity (Wildman–Crippen MR) is 62.3 cm³/mol. The van der Waals surface area contributed by atoms with Crippen molar-refractivity contribution in [2.45, 2.75) is 46.0 Å². The van der Waals surface area contributed by atoms with Gasteiger partial charge >= 0.3 is 0 Å². The Bertz CT molecular complexity index is 193. The second kappa shape index (κ2) is 7.54. The summed E-state index contributed by atoms with van der Waals surface area (Å²) in [4.78, 5) is 11.1. The van der Waals surface area contributed by atoms with Crippen molar-refractivity contribution in [2.75, 3.05) is 0 Å². The Morgan fingerprint density at radius 1 is 1.29 bits per heavy atom. The van der Waals surface area contributed by atoms with E-state index in [4.69, 9.17) is 0 Å². The van der Waals surface area contributed by atoms with Gasteiger partial charge in [-0.15, -0.1) is 6.58 Å². The Balaban J connectivity index is 4.46. The second-order valence-electron chi connectivity index (χ2n) is 3.78. The van der Waals surface area contributed by atoms with E-state index in [-0.39, 0.29) is 5.41 Å². The molecule has 1 nitrogen and oxygen atoms in total. The molecule has 0 aromatic heterocycles. The van der Waals surface area contributed by atoms with Crippen LogP contribution in [0, 0.1) is 5.41 Å². The summed E-state index contributed by atoms with van der Waals surface area (Å²) < 4.78 is 0. The molecule has 80 valence electrons. The molecule has 0 amide bonds. The molecule has 0 N–H and O–H groups in total. The molecule has 0 bridgehead atoms. The van der Waals surface area contributed by atoms with Crippen LogP contribution in [0.25, 0.3) is 0 Å². The summed E-state index contributed by atoms with van der Waals surface area (Å²) in [7, 11) is 0. The quantitative estimate of drug-likeness (QED) is 0.423. The molecule has 0 aliphatic rings. The lowest BCUT2D eigenvalue weighted by molar-refractivity contribution is -0.114. The molecule has 1 heteroatoms. The van der Waals surface area contributed by atoms with Crippen LogP contribution in [0.2, 0.25) is 0 Å². The highest BCUT2D eigenvalue weighted by Gasteiger charge is 2.23. The van der Waals surface area contributed by atoms with Crippen molar-refractivity contribution >= 4 is 6.29 Å². The molecule has 0 aliphatic carbocycles. The predicted octanol–water partition coefficient (Wildman–Crippen LogP) is 3.90. The fourth-order valence-electron chi connectivity index (χ4n) is 1.62. The van der Waals surface area contributed by atoms with Gasteiger partial charge in [-0.2, -0.15) is 0 Å². The Hall–Kier alpha value is -0.850. The number of aldehydes is 1. The Labute approximate surface area is 87.9 Å². The fraction of sp³-hybridized carbons (Fsp3) is 0.615. The topological polar surface area (TPSA) is 17.1 Å². The van der Waals surface area contributed by atoms with Gasteiger partial charge in [0.15, 0.2) is 0 Å². The maximum Gasteiger partial charge on any atom is 0.130 e.